The Morgan fingerprint density at radius 1 is 1.12 bits per heavy atom. The molecule has 2 aromatic carbocycles. The lowest BCUT2D eigenvalue weighted by Crippen LogP contribution is -2.47. The zero-order chi connectivity index (χ0) is 18.8. The molecule has 0 spiro atoms. The molecule has 0 aromatic heterocycles. The van der Waals surface area contributed by atoms with Crippen molar-refractivity contribution in [3.05, 3.63) is 64.7 Å². The van der Waals surface area contributed by atoms with E-state index >= 15 is 0 Å². The fraction of sp³-hybridized carbons (Fsp3) is 0.478. The van der Waals surface area contributed by atoms with E-state index in [0.717, 1.165) is 17.3 Å². The second-order valence-electron chi connectivity index (χ2n) is 8.45. The maximum Gasteiger partial charge on any atom is 0.0883 e. The van der Waals surface area contributed by atoms with E-state index < -0.39 is 0 Å². The minimum absolute atomic E-state index is 0.0887. The predicted octanol–water partition coefficient (Wildman–Crippen LogP) is 6.86. The number of hydrogen-bond acceptors (Lipinski definition) is 2. The van der Waals surface area contributed by atoms with E-state index in [1.807, 2.05) is 19.2 Å². The van der Waals surface area contributed by atoms with Crippen LogP contribution in [0.4, 0.5) is 5.69 Å². The number of nitrogens with one attached hydrogen (secondary N) is 1. The molecule has 26 heavy (non-hydrogen) atoms. The summed E-state index contributed by atoms with van der Waals surface area (Å²) in [4.78, 5) is 0. The number of ether oxygens (including phenoxy) is 1. The first-order valence-corrected chi connectivity index (χ1v) is 9.85. The molecule has 3 heteroatoms. The largest absolute Gasteiger partial charge is 0.380 e. The van der Waals surface area contributed by atoms with Gasteiger partial charge in [0.05, 0.1) is 16.8 Å². The highest BCUT2D eigenvalue weighted by molar-refractivity contribution is 6.33. The first-order valence-electron chi connectivity index (χ1n) is 9.47. The second kappa shape index (κ2) is 7.62. The number of methoxy groups -OCH3 is 1. The Hall–Kier alpha value is -1.51. The fourth-order valence-corrected chi connectivity index (χ4v) is 4.46. The van der Waals surface area contributed by atoms with E-state index in [4.69, 9.17) is 16.3 Å². The third kappa shape index (κ3) is 3.63. The lowest BCUT2D eigenvalue weighted by Gasteiger charge is -2.55. The molecular weight excluding hydrogens is 342 g/mol. The molecule has 1 atom stereocenters. The Morgan fingerprint density at radius 2 is 1.81 bits per heavy atom. The van der Waals surface area contributed by atoms with Crippen LogP contribution in [-0.2, 0) is 11.3 Å². The molecule has 1 N–H and O–H groups in total. The van der Waals surface area contributed by atoms with E-state index in [1.54, 1.807) is 0 Å². The maximum atomic E-state index is 6.46. The van der Waals surface area contributed by atoms with E-state index in [2.05, 4.69) is 62.5 Å². The number of benzene rings is 2. The second-order valence-corrected chi connectivity index (χ2v) is 8.86. The van der Waals surface area contributed by atoms with Crippen molar-refractivity contribution < 1.29 is 4.74 Å². The summed E-state index contributed by atoms with van der Waals surface area (Å²) in [5, 5.41) is 4.24. The van der Waals surface area contributed by atoms with Crippen LogP contribution in [0.2, 0.25) is 5.02 Å². The molecule has 0 bridgehead atoms. The van der Waals surface area contributed by atoms with Crippen LogP contribution in [0.25, 0.3) is 0 Å². The lowest BCUT2D eigenvalue weighted by atomic mass is 9.51. The van der Waals surface area contributed by atoms with Gasteiger partial charge in [-0.1, -0.05) is 75.2 Å². The Kier molecular flexibility index (Phi) is 5.64. The van der Waals surface area contributed by atoms with E-state index in [1.165, 1.54) is 30.4 Å². The summed E-state index contributed by atoms with van der Waals surface area (Å²) in [6.45, 7) is 7.76. The maximum absolute atomic E-state index is 6.46. The van der Waals surface area contributed by atoms with Crippen LogP contribution in [-0.4, -0.2) is 7.11 Å². The van der Waals surface area contributed by atoms with E-state index in [-0.39, 0.29) is 16.9 Å². The number of rotatable bonds is 6. The van der Waals surface area contributed by atoms with Gasteiger partial charge in [-0.2, -0.15) is 0 Å². The highest BCUT2D eigenvalue weighted by Crippen LogP contribution is 2.61. The van der Waals surface area contributed by atoms with Crippen molar-refractivity contribution in [3.8, 4) is 0 Å². The minimum Gasteiger partial charge on any atom is -0.380 e. The number of hydrogen-bond donors (Lipinski definition) is 1. The average Bonchev–Trinajstić information content (AvgIpc) is 2.57. The average molecular weight is 372 g/mol. The van der Waals surface area contributed by atoms with Gasteiger partial charge in [0.25, 0.3) is 0 Å². The summed E-state index contributed by atoms with van der Waals surface area (Å²) in [7, 11) is 1.84. The van der Waals surface area contributed by atoms with Crippen molar-refractivity contribution in [1.29, 1.82) is 0 Å². The van der Waals surface area contributed by atoms with Crippen molar-refractivity contribution in [1.82, 2.24) is 0 Å². The summed E-state index contributed by atoms with van der Waals surface area (Å²) in [6, 6.07) is 16.7. The quantitative estimate of drug-likeness (QED) is 0.599. The Bertz CT molecular complexity index is 732. The summed E-state index contributed by atoms with van der Waals surface area (Å²) in [5.41, 5.74) is 3.80. The SMILES string of the molecule is COC(c1ccc(Cl)c(NCc2ccccc2)c1)C1(C(C)(C)C)CCC1. The predicted molar refractivity (Wildman–Crippen MR) is 111 cm³/mol. The molecule has 1 saturated carbocycles. The van der Waals surface area contributed by atoms with Crippen LogP contribution in [0, 0.1) is 10.8 Å². The summed E-state index contributed by atoms with van der Waals surface area (Å²) < 4.78 is 6.06. The smallest absolute Gasteiger partial charge is 0.0883 e. The molecule has 1 aliphatic rings. The molecule has 0 amide bonds. The van der Waals surface area contributed by atoms with Crippen molar-refractivity contribution in [2.75, 3.05) is 12.4 Å². The van der Waals surface area contributed by atoms with E-state index in [9.17, 15) is 0 Å². The first kappa shape index (κ1) is 19.3. The van der Waals surface area contributed by atoms with Crippen LogP contribution in [0.3, 0.4) is 0 Å². The van der Waals surface area contributed by atoms with Crippen molar-refractivity contribution in [3.63, 3.8) is 0 Å². The fourth-order valence-electron chi connectivity index (χ4n) is 4.28. The lowest BCUT2D eigenvalue weighted by molar-refractivity contribution is -0.130. The molecule has 2 nitrogen and oxygen atoms in total. The third-order valence-electron chi connectivity index (χ3n) is 6.10. The standard InChI is InChI=1S/C23H30ClNO/c1-22(2,3)23(13-8-14-23)21(26-4)18-11-12-19(24)20(15-18)25-16-17-9-6-5-7-10-17/h5-7,9-12,15,21,25H,8,13-14,16H2,1-4H3. The highest BCUT2D eigenvalue weighted by Gasteiger charge is 2.52. The van der Waals surface area contributed by atoms with Gasteiger partial charge in [-0.25, -0.2) is 0 Å². The van der Waals surface area contributed by atoms with Gasteiger partial charge in [0.1, 0.15) is 0 Å². The summed E-state index contributed by atoms with van der Waals surface area (Å²) in [6.07, 6.45) is 3.80. The molecule has 1 fully saturated rings. The monoisotopic (exact) mass is 371 g/mol. The zero-order valence-electron chi connectivity index (χ0n) is 16.3. The molecule has 3 rings (SSSR count). The van der Waals surface area contributed by atoms with Crippen LogP contribution >= 0.6 is 11.6 Å². The topological polar surface area (TPSA) is 21.3 Å². The molecule has 0 aliphatic heterocycles. The van der Waals surface area contributed by atoms with Gasteiger partial charge >= 0.3 is 0 Å². The van der Waals surface area contributed by atoms with Gasteiger partial charge in [-0.15, -0.1) is 0 Å². The molecule has 0 saturated heterocycles. The third-order valence-corrected chi connectivity index (χ3v) is 6.43. The van der Waals surface area contributed by atoms with Crippen molar-refractivity contribution in [2.24, 2.45) is 10.8 Å². The molecule has 140 valence electrons. The Balaban J connectivity index is 1.86. The first-order chi connectivity index (χ1) is 12.4. The van der Waals surface area contributed by atoms with Gasteiger partial charge in [0.15, 0.2) is 0 Å². The van der Waals surface area contributed by atoms with Crippen LogP contribution < -0.4 is 5.32 Å². The molecule has 0 heterocycles. The zero-order valence-corrected chi connectivity index (χ0v) is 17.1. The Morgan fingerprint density at radius 3 is 2.35 bits per heavy atom. The van der Waals surface area contributed by atoms with Gasteiger partial charge in [-0.05, 0) is 41.5 Å². The van der Waals surface area contributed by atoms with Gasteiger partial charge < -0.3 is 10.1 Å². The molecule has 0 radical (unpaired) electrons. The number of halogens is 1. The van der Waals surface area contributed by atoms with Gasteiger partial charge in [0, 0.05) is 19.1 Å². The summed E-state index contributed by atoms with van der Waals surface area (Å²) in [5.74, 6) is 0. The van der Waals surface area contributed by atoms with Gasteiger partial charge in [-0.3, -0.25) is 0 Å². The normalized spacial score (nSPS) is 17.4. The highest BCUT2D eigenvalue weighted by atomic mass is 35.5. The molecule has 1 aliphatic carbocycles. The summed E-state index contributed by atoms with van der Waals surface area (Å²) >= 11 is 6.46. The number of anilines is 1. The van der Waals surface area contributed by atoms with E-state index in [0.29, 0.717) is 0 Å². The van der Waals surface area contributed by atoms with Crippen molar-refractivity contribution >= 4 is 17.3 Å². The van der Waals surface area contributed by atoms with Crippen molar-refractivity contribution in [2.45, 2.75) is 52.7 Å². The minimum atomic E-state index is 0.0887. The van der Waals surface area contributed by atoms with Crippen LogP contribution in [0.1, 0.15) is 57.3 Å². The molecule has 2 aromatic rings. The van der Waals surface area contributed by atoms with Gasteiger partial charge in [0.2, 0.25) is 0 Å². The Labute approximate surface area is 162 Å². The van der Waals surface area contributed by atoms with Crippen LogP contribution in [0.5, 0.6) is 0 Å². The molecular formula is C23H30ClNO. The molecule has 1 unspecified atom stereocenters. The van der Waals surface area contributed by atoms with Crippen LogP contribution in [0.15, 0.2) is 48.5 Å².